The maximum absolute atomic E-state index is 13.2. The van der Waals surface area contributed by atoms with Crippen molar-refractivity contribution in [1.29, 1.82) is 0 Å². The normalized spacial score (nSPS) is 16.9. The van der Waals surface area contributed by atoms with Gasteiger partial charge in [0.15, 0.2) is 0 Å². The summed E-state index contributed by atoms with van der Waals surface area (Å²) >= 11 is 0. The molecule has 2 aromatic rings. The summed E-state index contributed by atoms with van der Waals surface area (Å²) in [5.41, 5.74) is 2.70. The van der Waals surface area contributed by atoms with Crippen molar-refractivity contribution in [2.24, 2.45) is 5.92 Å². The lowest BCUT2D eigenvalue weighted by Gasteiger charge is -2.34. The molecule has 0 N–H and O–H groups in total. The van der Waals surface area contributed by atoms with Crippen LogP contribution in [0.15, 0.2) is 24.3 Å². The van der Waals surface area contributed by atoms with Gasteiger partial charge in [-0.15, -0.1) is 0 Å². The number of amides is 1. The number of ether oxygens (including phenoxy) is 1. The third kappa shape index (κ3) is 3.93. The number of fused-ring (bicyclic) bond motifs is 1. The van der Waals surface area contributed by atoms with Crippen LogP contribution in [0.4, 0.5) is 11.8 Å². The third-order valence-corrected chi connectivity index (χ3v) is 6.14. The molecule has 1 amide bonds. The second-order valence-electron chi connectivity index (χ2n) is 8.51. The molecule has 0 bridgehead atoms. The summed E-state index contributed by atoms with van der Waals surface area (Å²) in [5.74, 6) is 3.09. The molecule has 1 aromatic heterocycles. The van der Waals surface area contributed by atoms with Gasteiger partial charge >= 0.3 is 0 Å². The standard InChI is InChI=1S/C23H31N5O2/c1-16-9-12-27(13-10-16)23-24-19-11-14-28(15-18(19)21(25-23)26(2)3)22(29)17-7-5-6-8-20(17)30-4/h5-8,16H,9-15H2,1-4H3. The van der Waals surface area contributed by atoms with E-state index in [2.05, 4.69) is 11.8 Å². The SMILES string of the molecule is COc1ccccc1C(=O)N1CCc2nc(N3CCC(C)CC3)nc(N(C)C)c2C1. The zero-order chi connectivity index (χ0) is 21.3. The zero-order valence-electron chi connectivity index (χ0n) is 18.4. The molecule has 0 saturated carbocycles. The van der Waals surface area contributed by atoms with Crippen molar-refractivity contribution < 1.29 is 9.53 Å². The fourth-order valence-electron chi connectivity index (χ4n) is 4.27. The first-order chi connectivity index (χ1) is 14.5. The monoisotopic (exact) mass is 409 g/mol. The number of carbonyl (C=O) groups excluding carboxylic acids is 1. The molecule has 2 aliphatic heterocycles. The summed E-state index contributed by atoms with van der Waals surface area (Å²) in [4.78, 5) is 29.3. The number of aromatic nitrogens is 2. The van der Waals surface area contributed by atoms with Gasteiger partial charge < -0.3 is 19.4 Å². The van der Waals surface area contributed by atoms with Gasteiger partial charge in [-0.3, -0.25) is 4.79 Å². The highest BCUT2D eigenvalue weighted by Crippen LogP contribution is 2.31. The van der Waals surface area contributed by atoms with Crippen LogP contribution in [-0.2, 0) is 13.0 Å². The van der Waals surface area contributed by atoms with Gasteiger partial charge in [-0.1, -0.05) is 19.1 Å². The molecule has 30 heavy (non-hydrogen) atoms. The van der Waals surface area contributed by atoms with E-state index in [1.165, 1.54) is 12.8 Å². The molecule has 0 radical (unpaired) electrons. The Morgan fingerprint density at radius 2 is 1.87 bits per heavy atom. The third-order valence-electron chi connectivity index (χ3n) is 6.14. The van der Waals surface area contributed by atoms with Crippen LogP contribution in [-0.4, -0.2) is 61.6 Å². The molecule has 3 heterocycles. The van der Waals surface area contributed by atoms with Crippen molar-refractivity contribution in [3.8, 4) is 5.75 Å². The number of hydrogen-bond acceptors (Lipinski definition) is 6. The number of methoxy groups -OCH3 is 1. The summed E-state index contributed by atoms with van der Waals surface area (Å²) in [6, 6.07) is 7.39. The van der Waals surface area contributed by atoms with Gasteiger partial charge in [0.05, 0.1) is 24.9 Å². The summed E-state index contributed by atoms with van der Waals surface area (Å²) in [6.07, 6.45) is 3.09. The van der Waals surface area contributed by atoms with Crippen molar-refractivity contribution in [3.63, 3.8) is 0 Å². The Kier molecular flexibility index (Phi) is 5.79. The highest BCUT2D eigenvalue weighted by Gasteiger charge is 2.29. The Morgan fingerprint density at radius 3 is 2.57 bits per heavy atom. The molecular weight excluding hydrogens is 378 g/mol. The van der Waals surface area contributed by atoms with Crippen molar-refractivity contribution >= 4 is 17.7 Å². The number of carbonyl (C=O) groups is 1. The molecule has 2 aliphatic rings. The average Bonchev–Trinajstić information content (AvgIpc) is 2.77. The minimum absolute atomic E-state index is 0.0168. The molecule has 0 atom stereocenters. The number of anilines is 2. The highest BCUT2D eigenvalue weighted by atomic mass is 16.5. The van der Waals surface area contributed by atoms with Crippen molar-refractivity contribution in [2.75, 3.05) is 50.6 Å². The Morgan fingerprint density at radius 1 is 1.13 bits per heavy atom. The number of piperidine rings is 1. The van der Waals surface area contributed by atoms with Crippen LogP contribution in [0.3, 0.4) is 0 Å². The average molecular weight is 410 g/mol. The molecule has 0 unspecified atom stereocenters. The molecular formula is C23H31N5O2. The lowest BCUT2D eigenvalue weighted by atomic mass is 9.99. The van der Waals surface area contributed by atoms with E-state index in [0.29, 0.717) is 24.4 Å². The Balaban J connectivity index is 1.62. The second-order valence-corrected chi connectivity index (χ2v) is 8.51. The van der Waals surface area contributed by atoms with Gasteiger partial charge in [-0.25, -0.2) is 4.98 Å². The maximum atomic E-state index is 13.2. The van der Waals surface area contributed by atoms with Crippen molar-refractivity contribution in [2.45, 2.75) is 32.7 Å². The van der Waals surface area contributed by atoms with Gasteiger partial charge in [-0.05, 0) is 30.9 Å². The largest absolute Gasteiger partial charge is 0.496 e. The van der Waals surface area contributed by atoms with Crippen LogP contribution in [0.1, 0.15) is 41.4 Å². The van der Waals surface area contributed by atoms with Crippen LogP contribution in [0.2, 0.25) is 0 Å². The van der Waals surface area contributed by atoms with Gasteiger partial charge in [0.2, 0.25) is 5.95 Å². The number of hydrogen-bond donors (Lipinski definition) is 0. The van der Waals surface area contributed by atoms with E-state index >= 15 is 0 Å². The van der Waals surface area contributed by atoms with E-state index < -0.39 is 0 Å². The predicted octanol–water partition coefficient (Wildman–Crippen LogP) is 2.99. The molecule has 160 valence electrons. The molecule has 1 aromatic carbocycles. The molecule has 1 saturated heterocycles. The maximum Gasteiger partial charge on any atom is 0.257 e. The van der Waals surface area contributed by atoms with Crippen LogP contribution in [0.5, 0.6) is 5.75 Å². The summed E-state index contributed by atoms with van der Waals surface area (Å²) in [7, 11) is 5.61. The smallest absolute Gasteiger partial charge is 0.257 e. The van der Waals surface area contributed by atoms with E-state index in [0.717, 1.165) is 48.5 Å². The van der Waals surface area contributed by atoms with Crippen LogP contribution in [0.25, 0.3) is 0 Å². The fourth-order valence-corrected chi connectivity index (χ4v) is 4.27. The molecule has 0 aliphatic carbocycles. The van der Waals surface area contributed by atoms with Crippen LogP contribution in [0, 0.1) is 5.92 Å². The predicted molar refractivity (Wildman–Crippen MR) is 118 cm³/mol. The first-order valence-electron chi connectivity index (χ1n) is 10.7. The zero-order valence-corrected chi connectivity index (χ0v) is 18.4. The topological polar surface area (TPSA) is 61.8 Å². The van der Waals surface area contributed by atoms with E-state index in [-0.39, 0.29) is 5.91 Å². The highest BCUT2D eigenvalue weighted by molar-refractivity contribution is 5.97. The van der Waals surface area contributed by atoms with Crippen molar-refractivity contribution in [1.82, 2.24) is 14.9 Å². The molecule has 4 rings (SSSR count). The number of para-hydroxylation sites is 1. The van der Waals surface area contributed by atoms with Crippen molar-refractivity contribution in [3.05, 3.63) is 41.1 Å². The number of nitrogens with zero attached hydrogens (tertiary/aromatic N) is 5. The van der Waals surface area contributed by atoms with Crippen LogP contribution < -0.4 is 14.5 Å². The number of rotatable bonds is 4. The molecule has 7 heteroatoms. The van der Waals surface area contributed by atoms with Gasteiger partial charge in [-0.2, -0.15) is 4.98 Å². The van der Waals surface area contributed by atoms with Crippen LogP contribution >= 0.6 is 0 Å². The van der Waals surface area contributed by atoms with E-state index in [4.69, 9.17) is 14.7 Å². The summed E-state index contributed by atoms with van der Waals surface area (Å²) < 4.78 is 5.39. The Labute approximate surface area is 178 Å². The summed E-state index contributed by atoms with van der Waals surface area (Å²) in [5, 5.41) is 0. The minimum atomic E-state index is -0.0168. The van der Waals surface area contributed by atoms with E-state index in [1.807, 2.05) is 48.2 Å². The molecule has 1 fully saturated rings. The molecule has 7 nitrogen and oxygen atoms in total. The van der Waals surface area contributed by atoms with E-state index in [9.17, 15) is 4.79 Å². The minimum Gasteiger partial charge on any atom is -0.496 e. The molecule has 0 spiro atoms. The quantitative estimate of drug-likeness (QED) is 0.774. The Hall–Kier alpha value is -2.83. The first-order valence-corrected chi connectivity index (χ1v) is 10.7. The fraction of sp³-hybridized carbons (Fsp3) is 0.522. The van der Waals surface area contributed by atoms with Gasteiger partial charge in [0.1, 0.15) is 11.6 Å². The van der Waals surface area contributed by atoms with E-state index in [1.54, 1.807) is 7.11 Å². The number of benzene rings is 1. The van der Waals surface area contributed by atoms with Gasteiger partial charge in [0, 0.05) is 45.7 Å². The lowest BCUT2D eigenvalue weighted by Crippen LogP contribution is -2.39. The second kappa shape index (κ2) is 8.50. The Bertz CT molecular complexity index is 922. The summed E-state index contributed by atoms with van der Waals surface area (Å²) in [6.45, 7) is 5.47. The van der Waals surface area contributed by atoms with Gasteiger partial charge in [0.25, 0.3) is 5.91 Å². The lowest BCUT2D eigenvalue weighted by molar-refractivity contribution is 0.0730. The first kappa shape index (κ1) is 20.4.